The molecule has 0 aliphatic heterocycles. The first-order valence-electron chi connectivity index (χ1n) is 4.76. The van der Waals surface area contributed by atoms with Gasteiger partial charge < -0.3 is 4.98 Å². The normalized spacial score (nSPS) is 11.4. The second kappa shape index (κ2) is 4.38. The molecule has 17 heavy (non-hydrogen) atoms. The Kier molecular flexibility index (Phi) is 3.08. The average molecular weight is 272 g/mol. The lowest BCUT2D eigenvalue weighted by Gasteiger charge is -2.09. The van der Waals surface area contributed by atoms with Gasteiger partial charge in [0.1, 0.15) is 0 Å². The van der Waals surface area contributed by atoms with Gasteiger partial charge in [-0.2, -0.15) is 8.42 Å². The molecule has 0 atom stereocenters. The monoisotopic (exact) mass is 271 g/mol. The van der Waals surface area contributed by atoms with Crippen molar-refractivity contribution in [3.8, 4) is 0 Å². The van der Waals surface area contributed by atoms with E-state index in [4.69, 9.17) is 11.6 Å². The molecule has 1 aromatic carbocycles. The van der Waals surface area contributed by atoms with E-state index in [9.17, 15) is 8.42 Å². The Morgan fingerprint density at radius 1 is 1.41 bits per heavy atom. The van der Waals surface area contributed by atoms with Crippen molar-refractivity contribution in [1.29, 1.82) is 0 Å². The summed E-state index contributed by atoms with van der Waals surface area (Å²) in [6.07, 6.45) is 2.54. The maximum absolute atomic E-state index is 11.9. The van der Waals surface area contributed by atoms with E-state index in [0.29, 0.717) is 10.7 Å². The number of imidazole rings is 1. The molecule has 5 nitrogen and oxygen atoms in total. The lowest BCUT2D eigenvalue weighted by molar-refractivity contribution is 0.598. The van der Waals surface area contributed by atoms with Gasteiger partial charge in [0.15, 0.2) is 5.03 Å². The van der Waals surface area contributed by atoms with Crippen LogP contribution < -0.4 is 4.72 Å². The number of hydrogen-bond donors (Lipinski definition) is 2. The molecule has 2 aromatic rings. The predicted octanol–water partition coefficient (Wildman–Crippen LogP) is 2.17. The third-order valence-electron chi connectivity index (χ3n) is 2.21. The maximum Gasteiger partial charge on any atom is 0.278 e. The molecule has 90 valence electrons. The van der Waals surface area contributed by atoms with E-state index in [1.54, 1.807) is 25.1 Å². The van der Waals surface area contributed by atoms with Crippen LogP contribution in [-0.4, -0.2) is 18.4 Å². The highest BCUT2D eigenvalue weighted by Crippen LogP contribution is 2.22. The van der Waals surface area contributed by atoms with Crippen LogP contribution in [0.2, 0.25) is 5.02 Å². The first-order chi connectivity index (χ1) is 7.99. The maximum atomic E-state index is 11.9. The molecular formula is C10H10ClN3O2S. The molecule has 7 heteroatoms. The molecule has 0 aliphatic rings. The molecule has 2 rings (SSSR count). The van der Waals surface area contributed by atoms with Crippen LogP contribution in [0.3, 0.4) is 0 Å². The summed E-state index contributed by atoms with van der Waals surface area (Å²) in [5, 5.41) is 0.481. The van der Waals surface area contributed by atoms with Crippen LogP contribution >= 0.6 is 11.6 Å². The number of nitrogens with one attached hydrogen (secondary N) is 2. The molecule has 0 spiro atoms. The van der Waals surface area contributed by atoms with Crippen molar-refractivity contribution in [2.45, 2.75) is 11.9 Å². The number of aromatic nitrogens is 2. The van der Waals surface area contributed by atoms with E-state index in [2.05, 4.69) is 14.7 Å². The predicted molar refractivity (Wildman–Crippen MR) is 65.6 cm³/mol. The van der Waals surface area contributed by atoms with E-state index >= 15 is 0 Å². The van der Waals surface area contributed by atoms with Gasteiger partial charge >= 0.3 is 0 Å². The highest BCUT2D eigenvalue weighted by Gasteiger charge is 2.16. The number of sulfonamides is 1. The number of halogens is 1. The Bertz CT molecular complexity index is 623. The number of aromatic amines is 1. The van der Waals surface area contributed by atoms with Crippen molar-refractivity contribution >= 4 is 27.3 Å². The number of anilines is 1. The standard InChI is InChI=1S/C10H10ClN3O2S/c1-7-2-3-8(11)4-9(7)14-17(15,16)10-5-12-6-13-10/h2-6,14H,1H3,(H,12,13). The first-order valence-corrected chi connectivity index (χ1v) is 6.62. The summed E-state index contributed by atoms with van der Waals surface area (Å²) in [5.41, 5.74) is 1.24. The Balaban J connectivity index is 2.36. The molecular weight excluding hydrogens is 262 g/mol. The van der Waals surface area contributed by atoms with Gasteiger partial charge in [-0.05, 0) is 24.6 Å². The quantitative estimate of drug-likeness (QED) is 0.898. The van der Waals surface area contributed by atoms with Crippen LogP contribution in [0.5, 0.6) is 0 Å². The molecule has 0 fully saturated rings. The summed E-state index contributed by atoms with van der Waals surface area (Å²) in [7, 11) is -3.64. The summed E-state index contributed by atoms with van der Waals surface area (Å²) in [6.45, 7) is 1.79. The van der Waals surface area contributed by atoms with Gasteiger partial charge in [0, 0.05) is 5.02 Å². The number of benzene rings is 1. The number of aryl methyl sites for hydroxylation is 1. The molecule has 0 aliphatic carbocycles. The summed E-state index contributed by atoms with van der Waals surface area (Å²) in [6, 6.07) is 5.00. The second-order valence-corrected chi connectivity index (χ2v) is 5.57. The van der Waals surface area contributed by atoms with Crippen molar-refractivity contribution in [3.05, 3.63) is 41.3 Å². The van der Waals surface area contributed by atoms with Gasteiger partial charge in [-0.25, -0.2) is 4.98 Å². The third-order valence-corrected chi connectivity index (χ3v) is 3.73. The zero-order valence-corrected chi connectivity index (χ0v) is 10.5. The smallest absolute Gasteiger partial charge is 0.278 e. The van der Waals surface area contributed by atoms with Gasteiger partial charge in [-0.15, -0.1) is 0 Å². The Morgan fingerprint density at radius 3 is 2.82 bits per heavy atom. The summed E-state index contributed by atoms with van der Waals surface area (Å²) >= 11 is 5.82. The molecule has 1 aromatic heterocycles. The topological polar surface area (TPSA) is 74.8 Å². The number of H-pyrrole nitrogens is 1. The van der Waals surface area contributed by atoms with E-state index in [-0.39, 0.29) is 5.03 Å². The van der Waals surface area contributed by atoms with Gasteiger partial charge in [0.05, 0.1) is 18.2 Å². The fraction of sp³-hybridized carbons (Fsp3) is 0.100. The zero-order valence-electron chi connectivity index (χ0n) is 8.94. The zero-order chi connectivity index (χ0) is 12.5. The van der Waals surface area contributed by atoms with Crippen LogP contribution in [0.4, 0.5) is 5.69 Å². The molecule has 0 amide bonds. The second-order valence-electron chi connectivity index (χ2n) is 3.48. The van der Waals surface area contributed by atoms with Gasteiger partial charge in [-0.1, -0.05) is 17.7 Å². The molecule has 0 radical (unpaired) electrons. The lowest BCUT2D eigenvalue weighted by atomic mass is 10.2. The minimum Gasteiger partial charge on any atom is -0.334 e. The molecule has 0 unspecified atom stereocenters. The van der Waals surface area contributed by atoms with Crippen LogP contribution in [0.25, 0.3) is 0 Å². The van der Waals surface area contributed by atoms with E-state index in [1.165, 1.54) is 12.5 Å². The Labute approximate surface area is 104 Å². The number of rotatable bonds is 3. The Hall–Kier alpha value is -1.53. The van der Waals surface area contributed by atoms with Crippen LogP contribution in [0.15, 0.2) is 35.7 Å². The first kappa shape index (κ1) is 11.9. The van der Waals surface area contributed by atoms with Crippen LogP contribution in [0.1, 0.15) is 5.56 Å². The Morgan fingerprint density at radius 2 is 2.18 bits per heavy atom. The highest BCUT2D eigenvalue weighted by atomic mass is 35.5. The van der Waals surface area contributed by atoms with Crippen LogP contribution in [-0.2, 0) is 10.0 Å². The fourth-order valence-corrected chi connectivity index (χ4v) is 2.49. The minimum atomic E-state index is -3.64. The number of hydrogen-bond acceptors (Lipinski definition) is 3. The molecule has 2 N–H and O–H groups in total. The summed E-state index contributed by atoms with van der Waals surface area (Å²) in [4.78, 5) is 6.21. The average Bonchev–Trinajstić information content (AvgIpc) is 2.77. The molecule has 0 saturated carbocycles. The van der Waals surface area contributed by atoms with E-state index < -0.39 is 10.0 Å². The van der Waals surface area contributed by atoms with Gasteiger partial charge in [0.2, 0.25) is 0 Å². The molecule has 0 bridgehead atoms. The van der Waals surface area contributed by atoms with E-state index in [0.717, 1.165) is 5.56 Å². The SMILES string of the molecule is Cc1ccc(Cl)cc1NS(=O)(=O)c1cnc[nH]1. The molecule has 0 saturated heterocycles. The van der Waals surface area contributed by atoms with Crippen molar-refractivity contribution in [2.24, 2.45) is 0 Å². The van der Waals surface area contributed by atoms with Gasteiger partial charge in [-0.3, -0.25) is 4.72 Å². The molecule has 1 heterocycles. The van der Waals surface area contributed by atoms with Crippen molar-refractivity contribution < 1.29 is 8.42 Å². The van der Waals surface area contributed by atoms with Gasteiger partial charge in [0.25, 0.3) is 10.0 Å². The van der Waals surface area contributed by atoms with Crippen LogP contribution in [0, 0.1) is 6.92 Å². The largest absolute Gasteiger partial charge is 0.334 e. The summed E-state index contributed by atoms with van der Waals surface area (Å²) in [5.74, 6) is 0. The number of nitrogens with zero attached hydrogens (tertiary/aromatic N) is 1. The fourth-order valence-electron chi connectivity index (χ4n) is 1.29. The minimum absolute atomic E-state index is 0.0110. The van der Waals surface area contributed by atoms with E-state index in [1.807, 2.05) is 0 Å². The lowest BCUT2D eigenvalue weighted by Crippen LogP contribution is -2.14. The summed E-state index contributed by atoms with van der Waals surface area (Å²) < 4.78 is 26.2. The third kappa shape index (κ3) is 2.59. The van der Waals surface area contributed by atoms with Crippen molar-refractivity contribution in [3.63, 3.8) is 0 Å². The van der Waals surface area contributed by atoms with Crippen molar-refractivity contribution in [2.75, 3.05) is 4.72 Å². The highest BCUT2D eigenvalue weighted by molar-refractivity contribution is 7.92. The van der Waals surface area contributed by atoms with Crippen molar-refractivity contribution in [1.82, 2.24) is 9.97 Å².